The van der Waals surface area contributed by atoms with E-state index >= 15 is 0 Å². The van der Waals surface area contributed by atoms with Crippen LogP contribution in [0, 0.1) is 0 Å². The van der Waals surface area contributed by atoms with Gasteiger partial charge >= 0.3 is 12.2 Å². The first-order valence-corrected chi connectivity index (χ1v) is 9.58. The molecule has 3 saturated heterocycles. The minimum absolute atomic E-state index is 0.0682. The Bertz CT molecular complexity index is 513. The minimum Gasteiger partial charge on any atom is -0.449 e. The molecule has 0 unspecified atom stereocenters. The topological polar surface area (TPSA) is 80.3 Å². The molecule has 0 bridgehead atoms. The molecular formula is C18H31N3O5. The van der Waals surface area contributed by atoms with Crippen LogP contribution in [0.2, 0.25) is 0 Å². The van der Waals surface area contributed by atoms with E-state index < -0.39 is 11.7 Å². The maximum Gasteiger partial charge on any atom is 0.410 e. The first-order valence-electron chi connectivity index (χ1n) is 9.58. The number of carbonyl (C=O) groups excluding carboxylic acids is 2. The summed E-state index contributed by atoms with van der Waals surface area (Å²) >= 11 is 0. The monoisotopic (exact) mass is 369 g/mol. The normalized spacial score (nSPS) is 28.7. The number of piperidine rings is 1. The summed E-state index contributed by atoms with van der Waals surface area (Å²) in [4.78, 5) is 28.2. The zero-order valence-electron chi connectivity index (χ0n) is 16.0. The Labute approximate surface area is 155 Å². The number of carbonyl (C=O) groups is 2. The Balaban J connectivity index is 1.50. The van der Waals surface area contributed by atoms with Crippen LogP contribution in [0.15, 0.2) is 0 Å². The van der Waals surface area contributed by atoms with Crippen molar-refractivity contribution in [2.24, 2.45) is 0 Å². The lowest BCUT2D eigenvalue weighted by Crippen LogP contribution is -2.56. The fourth-order valence-corrected chi connectivity index (χ4v) is 3.93. The van der Waals surface area contributed by atoms with Crippen molar-refractivity contribution >= 4 is 12.2 Å². The highest BCUT2D eigenvalue weighted by molar-refractivity contribution is 5.69. The Morgan fingerprint density at radius 3 is 2.58 bits per heavy atom. The number of cyclic esters (lactones) is 1. The third-order valence-electron chi connectivity index (χ3n) is 5.16. The zero-order valence-corrected chi connectivity index (χ0v) is 16.0. The quantitative estimate of drug-likeness (QED) is 0.814. The fourth-order valence-electron chi connectivity index (χ4n) is 3.93. The third kappa shape index (κ3) is 4.79. The first-order chi connectivity index (χ1) is 12.3. The van der Waals surface area contributed by atoms with Crippen LogP contribution in [0.1, 0.15) is 40.0 Å². The summed E-state index contributed by atoms with van der Waals surface area (Å²) in [6, 6.07) is 0.330. The van der Waals surface area contributed by atoms with E-state index in [4.69, 9.17) is 14.2 Å². The van der Waals surface area contributed by atoms with Crippen molar-refractivity contribution in [3.8, 4) is 0 Å². The lowest BCUT2D eigenvalue weighted by Gasteiger charge is -2.42. The van der Waals surface area contributed by atoms with Crippen LogP contribution in [0.3, 0.4) is 0 Å². The largest absolute Gasteiger partial charge is 0.449 e. The van der Waals surface area contributed by atoms with E-state index in [-0.39, 0.29) is 24.2 Å². The van der Waals surface area contributed by atoms with Crippen molar-refractivity contribution in [3.05, 3.63) is 0 Å². The maximum atomic E-state index is 12.1. The molecule has 2 amide bonds. The molecule has 3 heterocycles. The molecule has 0 aliphatic carbocycles. The Morgan fingerprint density at radius 2 is 1.92 bits per heavy atom. The molecule has 8 nitrogen and oxygen atoms in total. The number of nitrogens with zero attached hydrogens (tertiary/aromatic N) is 2. The number of rotatable bonds is 3. The highest BCUT2D eigenvalue weighted by Gasteiger charge is 2.38. The third-order valence-corrected chi connectivity index (χ3v) is 5.16. The van der Waals surface area contributed by atoms with Gasteiger partial charge in [-0.15, -0.1) is 0 Å². The van der Waals surface area contributed by atoms with Crippen molar-refractivity contribution in [1.29, 1.82) is 0 Å². The lowest BCUT2D eigenvalue weighted by atomic mass is 9.99. The van der Waals surface area contributed by atoms with Gasteiger partial charge in [-0.2, -0.15) is 0 Å². The second-order valence-corrected chi connectivity index (χ2v) is 8.29. The summed E-state index contributed by atoms with van der Waals surface area (Å²) in [7, 11) is 0. The van der Waals surface area contributed by atoms with Crippen molar-refractivity contribution in [1.82, 2.24) is 15.1 Å². The number of alkyl carbamates (subject to hydrolysis) is 1. The molecular weight excluding hydrogens is 338 g/mol. The molecule has 1 N–H and O–H groups in total. The van der Waals surface area contributed by atoms with Gasteiger partial charge in [0.2, 0.25) is 0 Å². The molecule has 0 radical (unpaired) electrons. The Morgan fingerprint density at radius 1 is 1.19 bits per heavy atom. The first kappa shape index (κ1) is 19.2. The molecule has 3 aliphatic rings. The Kier molecular flexibility index (Phi) is 5.92. The van der Waals surface area contributed by atoms with Crippen LogP contribution in [0.25, 0.3) is 0 Å². The number of amides is 2. The molecule has 148 valence electrons. The van der Waals surface area contributed by atoms with Crippen LogP contribution >= 0.6 is 0 Å². The molecule has 0 spiro atoms. The summed E-state index contributed by atoms with van der Waals surface area (Å²) in [5.74, 6) is 0. The fraction of sp³-hybridized carbons (Fsp3) is 0.889. The minimum atomic E-state index is -0.513. The summed E-state index contributed by atoms with van der Waals surface area (Å²) in [6.45, 7) is 9.76. The van der Waals surface area contributed by atoms with Crippen LogP contribution in [-0.2, 0) is 14.2 Å². The molecule has 2 atom stereocenters. The summed E-state index contributed by atoms with van der Waals surface area (Å²) < 4.78 is 16.1. The van der Waals surface area contributed by atoms with Crippen LogP contribution in [0.4, 0.5) is 9.59 Å². The van der Waals surface area contributed by atoms with Gasteiger partial charge in [-0.3, -0.25) is 4.90 Å². The van der Waals surface area contributed by atoms with E-state index in [9.17, 15) is 9.59 Å². The SMILES string of the molecule is CC(C)(C)OC(=O)N[C@H]1COC[C@@H]1N1CCC(N2CCCOC2=O)CC1. The molecule has 0 aromatic carbocycles. The smallest absolute Gasteiger partial charge is 0.410 e. The number of hydrogen-bond acceptors (Lipinski definition) is 6. The summed E-state index contributed by atoms with van der Waals surface area (Å²) in [6.07, 6.45) is 2.17. The van der Waals surface area contributed by atoms with Gasteiger partial charge in [0.1, 0.15) is 5.60 Å². The second-order valence-electron chi connectivity index (χ2n) is 8.29. The van der Waals surface area contributed by atoms with Crippen molar-refractivity contribution in [2.75, 3.05) is 39.5 Å². The van der Waals surface area contributed by atoms with Crippen LogP contribution in [-0.4, -0.2) is 85.2 Å². The Hall–Kier alpha value is -1.54. The van der Waals surface area contributed by atoms with Gasteiger partial charge in [0.25, 0.3) is 0 Å². The number of nitrogens with one attached hydrogen (secondary N) is 1. The van der Waals surface area contributed by atoms with Gasteiger partial charge in [-0.05, 0) is 40.0 Å². The van der Waals surface area contributed by atoms with E-state index in [1.807, 2.05) is 25.7 Å². The van der Waals surface area contributed by atoms with Crippen LogP contribution < -0.4 is 5.32 Å². The van der Waals surface area contributed by atoms with Gasteiger partial charge in [0.15, 0.2) is 0 Å². The van der Waals surface area contributed by atoms with E-state index in [0.717, 1.165) is 38.9 Å². The van der Waals surface area contributed by atoms with Gasteiger partial charge < -0.3 is 24.4 Å². The molecule has 3 fully saturated rings. The highest BCUT2D eigenvalue weighted by Crippen LogP contribution is 2.24. The average molecular weight is 369 g/mol. The standard InChI is InChI=1S/C18H31N3O5/c1-18(2,3)26-16(22)19-14-11-24-12-15(14)20-8-5-13(6-9-20)21-7-4-10-25-17(21)23/h13-15H,4-12H2,1-3H3,(H,19,22)/t14-,15-/m0/s1. The molecule has 0 aromatic rings. The van der Waals surface area contributed by atoms with Gasteiger partial charge in [-0.1, -0.05) is 0 Å². The molecule has 0 aromatic heterocycles. The predicted octanol–water partition coefficient (Wildman–Crippen LogP) is 1.59. The number of hydrogen-bond donors (Lipinski definition) is 1. The van der Waals surface area contributed by atoms with Gasteiger partial charge in [0.05, 0.1) is 31.9 Å². The molecule has 3 aliphatic heterocycles. The maximum absolute atomic E-state index is 12.1. The number of ether oxygens (including phenoxy) is 3. The predicted molar refractivity (Wildman–Crippen MR) is 95.0 cm³/mol. The number of likely N-dealkylation sites (tertiary alicyclic amines) is 1. The van der Waals surface area contributed by atoms with E-state index in [2.05, 4.69) is 10.2 Å². The van der Waals surface area contributed by atoms with Gasteiger partial charge in [-0.25, -0.2) is 9.59 Å². The zero-order chi connectivity index (χ0) is 18.7. The molecule has 0 saturated carbocycles. The highest BCUT2D eigenvalue weighted by atomic mass is 16.6. The van der Waals surface area contributed by atoms with E-state index in [1.165, 1.54) is 0 Å². The van der Waals surface area contributed by atoms with Crippen molar-refractivity contribution < 1.29 is 23.8 Å². The van der Waals surface area contributed by atoms with E-state index in [1.54, 1.807) is 0 Å². The van der Waals surface area contributed by atoms with Crippen molar-refractivity contribution in [2.45, 2.75) is 63.8 Å². The van der Waals surface area contributed by atoms with Crippen molar-refractivity contribution in [3.63, 3.8) is 0 Å². The molecule has 8 heteroatoms. The van der Waals surface area contributed by atoms with Crippen LogP contribution in [0.5, 0.6) is 0 Å². The lowest BCUT2D eigenvalue weighted by molar-refractivity contribution is 0.0270. The summed E-state index contributed by atoms with van der Waals surface area (Å²) in [5, 5.41) is 2.95. The molecule has 26 heavy (non-hydrogen) atoms. The average Bonchev–Trinajstić information content (AvgIpc) is 3.02. The molecule has 3 rings (SSSR count). The summed E-state index contributed by atoms with van der Waals surface area (Å²) in [5.41, 5.74) is -0.513. The van der Waals surface area contributed by atoms with E-state index in [0.29, 0.717) is 19.8 Å². The van der Waals surface area contributed by atoms with Gasteiger partial charge in [0, 0.05) is 25.7 Å². The second kappa shape index (κ2) is 8.00.